The van der Waals surface area contributed by atoms with Crippen molar-refractivity contribution in [3.8, 4) is 5.75 Å². The molecule has 138 valence electrons. The molecule has 3 atom stereocenters. The largest absolute Gasteiger partial charge is 0.483 e. The minimum Gasteiger partial charge on any atom is -0.483 e. The number of benzene rings is 1. The third kappa shape index (κ3) is 5.59. The minimum atomic E-state index is -0.267. The highest BCUT2D eigenvalue weighted by Gasteiger charge is 2.27. The number of para-hydroxylation sites is 1. The highest BCUT2D eigenvalue weighted by Crippen LogP contribution is 2.29. The molecule has 1 aliphatic rings. The Labute approximate surface area is 155 Å². The molecule has 5 nitrogen and oxygen atoms in total. The van der Waals surface area contributed by atoms with Gasteiger partial charge in [-0.05, 0) is 55.4 Å². The molecule has 0 unspecified atom stereocenters. The van der Waals surface area contributed by atoms with Gasteiger partial charge < -0.3 is 10.1 Å². The summed E-state index contributed by atoms with van der Waals surface area (Å²) in [5.41, 5.74) is 7.39. The lowest BCUT2D eigenvalue weighted by atomic mass is 9.78. The van der Waals surface area contributed by atoms with E-state index >= 15 is 0 Å². The smallest absolute Gasteiger partial charge is 0.276 e. The van der Waals surface area contributed by atoms with Gasteiger partial charge in [0.15, 0.2) is 11.7 Å². The number of aryl methyl sites for hydroxylation is 2. The second-order valence-corrected chi connectivity index (χ2v) is 7.44. The first-order valence-corrected chi connectivity index (χ1v) is 9.33. The fourth-order valence-electron chi connectivity index (χ4n) is 3.32. The van der Waals surface area contributed by atoms with Crippen LogP contribution in [0.1, 0.15) is 44.2 Å². The molecule has 0 aliphatic heterocycles. The van der Waals surface area contributed by atoms with E-state index in [1.165, 1.54) is 12.8 Å². The summed E-state index contributed by atoms with van der Waals surface area (Å²) < 4.78 is 5.63. The van der Waals surface area contributed by atoms with Crippen LogP contribution in [0.15, 0.2) is 18.2 Å². The molecule has 25 heavy (non-hydrogen) atoms. The maximum atomic E-state index is 12.0. The molecule has 1 aromatic carbocycles. The number of hydrogen-bond acceptors (Lipinski definition) is 3. The standard InChI is InChI=1S/C19H29N3O2S/c1-12-7-6-10-16(15(12)4)20-19(25)22-21-17(23)11-24-18-13(2)8-5-9-14(18)3/h5,8-9,12,15-16H,6-7,10-11H2,1-4H3,(H,21,23)(H2,20,22,25)/t12-,15+,16+/m1/s1. The predicted octanol–water partition coefficient (Wildman–Crippen LogP) is 3.00. The lowest BCUT2D eigenvalue weighted by Crippen LogP contribution is -2.53. The fourth-order valence-corrected chi connectivity index (χ4v) is 3.52. The summed E-state index contributed by atoms with van der Waals surface area (Å²) in [5.74, 6) is 1.74. The minimum absolute atomic E-state index is 0.0574. The second-order valence-electron chi connectivity index (χ2n) is 7.03. The predicted molar refractivity (Wildman–Crippen MR) is 104 cm³/mol. The van der Waals surface area contributed by atoms with E-state index in [1.807, 2.05) is 32.0 Å². The molecule has 0 radical (unpaired) electrons. The van der Waals surface area contributed by atoms with Crippen LogP contribution in [0.4, 0.5) is 0 Å². The fraction of sp³-hybridized carbons (Fsp3) is 0.579. The molecular weight excluding hydrogens is 334 g/mol. The summed E-state index contributed by atoms with van der Waals surface area (Å²) in [4.78, 5) is 12.0. The Morgan fingerprint density at radius 2 is 1.88 bits per heavy atom. The molecule has 1 aliphatic carbocycles. The quantitative estimate of drug-likeness (QED) is 0.567. The van der Waals surface area contributed by atoms with Crippen LogP contribution in [0.2, 0.25) is 0 Å². The first-order valence-electron chi connectivity index (χ1n) is 8.93. The normalized spacial score (nSPS) is 22.8. The van der Waals surface area contributed by atoms with E-state index in [0.717, 1.165) is 23.3 Å². The monoisotopic (exact) mass is 363 g/mol. The molecule has 0 saturated heterocycles. The van der Waals surface area contributed by atoms with Crippen molar-refractivity contribution in [2.24, 2.45) is 11.8 Å². The van der Waals surface area contributed by atoms with Crippen LogP contribution in [0.25, 0.3) is 0 Å². The van der Waals surface area contributed by atoms with Crippen molar-refractivity contribution in [1.29, 1.82) is 0 Å². The van der Waals surface area contributed by atoms with Gasteiger partial charge in [-0.25, -0.2) is 0 Å². The van der Waals surface area contributed by atoms with E-state index in [4.69, 9.17) is 17.0 Å². The molecule has 0 spiro atoms. The Kier molecular flexibility index (Phi) is 7.05. The average molecular weight is 364 g/mol. The first-order chi connectivity index (χ1) is 11.9. The summed E-state index contributed by atoms with van der Waals surface area (Å²) in [6.45, 7) is 8.40. The molecule has 6 heteroatoms. The van der Waals surface area contributed by atoms with Crippen molar-refractivity contribution in [2.45, 2.75) is 53.0 Å². The zero-order chi connectivity index (χ0) is 18.4. The number of hydrazine groups is 1. The number of thiocarbonyl (C=S) groups is 1. The van der Waals surface area contributed by atoms with Gasteiger partial charge in [0.2, 0.25) is 0 Å². The van der Waals surface area contributed by atoms with E-state index < -0.39 is 0 Å². The van der Waals surface area contributed by atoms with Crippen LogP contribution in [0, 0.1) is 25.7 Å². The molecular formula is C19H29N3O2S. The third-order valence-corrected chi connectivity index (χ3v) is 5.32. The molecule has 1 saturated carbocycles. The number of amides is 1. The highest BCUT2D eigenvalue weighted by molar-refractivity contribution is 7.80. The van der Waals surface area contributed by atoms with Gasteiger partial charge in [0.25, 0.3) is 5.91 Å². The molecule has 1 aromatic rings. The van der Waals surface area contributed by atoms with Gasteiger partial charge in [0, 0.05) is 6.04 Å². The van der Waals surface area contributed by atoms with E-state index in [-0.39, 0.29) is 12.5 Å². The molecule has 0 aromatic heterocycles. The maximum absolute atomic E-state index is 12.0. The van der Waals surface area contributed by atoms with Gasteiger partial charge in [-0.1, -0.05) is 44.9 Å². The molecule has 0 heterocycles. The highest BCUT2D eigenvalue weighted by atomic mass is 32.1. The van der Waals surface area contributed by atoms with Crippen LogP contribution < -0.4 is 20.9 Å². The lowest BCUT2D eigenvalue weighted by Gasteiger charge is -2.35. The Bertz CT molecular complexity index is 600. The number of hydrogen-bond donors (Lipinski definition) is 3. The van der Waals surface area contributed by atoms with E-state index in [0.29, 0.717) is 23.0 Å². The Balaban J connectivity index is 1.73. The van der Waals surface area contributed by atoms with Gasteiger partial charge in [-0.3, -0.25) is 15.6 Å². The summed E-state index contributed by atoms with van der Waals surface area (Å²) in [5, 5.41) is 3.76. The molecule has 1 amide bonds. The number of ether oxygens (including phenoxy) is 1. The number of carbonyl (C=O) groups is 1. The van der Waals surface area contributed by atoms with Crippen molar-refractivity contribution < 1.29 is 9.53 Å². The molecule has 3 N–H and O–H groups in total. The summed E-state index contributed by atoms with van der Waals surface area (Å²) >= 11 is 5.29. The van der Waals surface area contributed by atoms with Crippen molar-refractivity contribution >= 4 is 23.2 Å². The molecule has 2 rings (SSSR count). The topological polar surface area (TPSA) is 62.4 Å². The average Bonchev–Trinajstić information content (AvgIpc) is 2.57. The van der Waals surface area contributed by atoms with Crippen LogP contribution >= 0.6 is 12.2 Å². The second kappa shape index (κ2) is 9.04. The number of nitrogens with one attached hydrogen (secondary N) is 3. The van der Waals surface area contributed by atoms with E-state index in [9.17, 15) is 4.79 Å². The molecule has 1 fully saturated rings. The zero-order valence-electron chi connectivity index (χ0n) is 15.5. The lowest BCUT2D eigenvalue weighted by molar-refractivity contribution is -0.123. The summed E-state index contributed by atoms with van der Waals surface area (Å²) in [7, 11) is 0. The maximum Gasteiger partial charge on any atom is 0.276 e. The number of rotatable bonds is 4. The summed E-state index contributed by atoms with van der Waals surface area (Å²) in [6, 6.07) is 6.25. The third-order valence-electron chi connectivity index (χ3n) is 5.10. The van der Waals surface area contributed by atoms with Crippen molar-refractivity contribution in [2.75, 3.05) is 6.61 Å². The summed E-state index contributed by atoms with van der Waals surface area (Å²) in [6.07, 6.45) is 3.59. The number of carbonyl (C=O) groups excluding carboxylic acids is 1. The van der Waals surface area contributed by atoms with Crippen LogP contribution in [0.3, 0.4) is 0 Å². The van der Waals surface area contributed by atoms with Gasteiger partial charge >= 0.3 is 0 Å². The van der Waals surface area contributed by atoms with Crippen LogP contribution in [-0.4, -0.2) is 23.7 Å². The molecule has 0 bridgehead atoms. The zero-order valence-corrected chi connectivity index (χ0v) is 16.3. The van der Waals surface area contributed by atoms with Crippen molar-refractivity contribution in [3.63, 3.8) is 0 Å². The Morgan fingerprint density at radius 1 is 1.20 bits per heavy atom. The first kappa shape index (κ1) is 19.5. The van der Waals surface area contributed by atoms with Crippen LogP contribution in [-0.2, 0) is 4.79 Å². The van der Waals surface area contributed by atoms with E-state index in [2.05, 4.69) is 30.0 Å². The van der Waals surface area contributed by atoms with Crippen LogP contribution in [0.5, 0.6) is 5.75 Å². The Morgan fingerprint density at radius 3 is 2.56 bits per heavy atom. The SMILES string of the molecule is Cc1cccc(C)c1OCC(=O)NNC(=S)N[C@H]1CCC[C@@H](C)[C@@H]1C. The Hall–Kier alpha value is -1.82. The van der Waals surface area contributed by atoms with Crippen molar-refractivity contribution in [1.82, 2.24) is 16.2 Å². The van der Waals surface area contributed by atoms with Gasteiger partial charge in [-0.15, -0.1) is 0 Å². The van der Waals surface area contributed by atoms with Gasteiger partial charge in [0.05, 0.1) is 0 Å². The van der Waals surface area contributed by atoms with E-state index in [1.54, 1.807) is 0 Å². The van der Waals surface area contributed by atoms with Gasteiger partial charge in [0.1, 0.15) is 5.75 Å². The van der Waals surface area contributed by atoms with Crippen molar-refractivity contribution in [3.05, 3.63) is 29.3 Å². The van der Waals surface area contributed by atoms with Gasteiger partial charge in [-0.2, -0.15) is 0 Å².